The van der Waals surface area contributed by atoms with E-state index in [2.05, 4.69) is 20.3 Å². The SMILES string of the molecule is O=C(O)Cn1ncc(NC(=O)OCCCl)n1. The van der Waals surface area contributed by atoms with Crippen molar-refractivity contribution in [1.29, 1.82) is 0 Å². The van der Waals surface area contributed by atoms with E-state index in [0.717, 1.165) is 4.80 Å². The third-order valence-electron chi connectivity index (χ3n) is 1.35. The second-order valence-corrected chi connectivity index (χ2v) is 2.98. The molecular weight excluding hydrogens is 240 g/mol. The number of ether oxygens (including phenoxy) is 1. The number of hydrogen-bond acceptors (Lipinski definition) is 5. The van der Waals surface area contributed by atoms with Gasteiger partial charge in [0.05, 0.1) is 12.1 Å². The maximum atomic E-state index is 11.0. The van der Waals surface area contributed by atoms with Crippen molar-refractivity contribution >= 4 is 29.5 Å². The van der Waals surface area contributed by atoms with Crippen LogP contribution in [-0.2, 0) is 16.1 Å². The minimum atomic E-state index is -1.08. The first-order chi connectivity index (χ1) is 7.61. The Morgan fingerprint density at radius 1 is 1.62 bits per heavy atom. The summed E-state index contributed by atoms with van der Waals surface area (Å²) in [5.41, 5.74) is 0. The van der Waals surface area contributed by atoms with Gasteiger partial charge in [0.25, 0.3) is 0 Å². The summed E-state index contributed by atoms with van der Waals surface area (Å²) in [4.78, 5) is 22.3. The summed E-state index contributed by atoms with van der Waals surface area (Å²) in [5, 5.41) is 18.0. The number of carboxylic acid groups (broad SMARTS) is 1. The van der Waals surface area contributed by atoms with Crippen LogP contribution in [0.25, 0.3) is 0 Å². The van der Waals surface area contributed by atoms with Gasteiger partial charge in [0.15, 0.2) is 12.4 Å². The lowest BCUT2D eigenvalue weighted by atomic mass is 10.7. The lowest BCUT2D eigenvalue weighted by Gasteiger charge is -2.01. The summed E-state index contributed by atoms with van der Waals surface area (Å²) >= 11 is 5.31. The number of amides is 1. The highest BCUT2D eigenvalue weighted by Crippen LogP contribution is 1.99. The predicted octanol–water partition coefficient (Wildman–Crippen LogP) is 0.150. The van der Waals surface area contributed by atoms with E-state index in [9.17, 15) is 9.59 Å². The zero-order chi connectivity index (χ0) is 12.0. The highest BCUT2D eigenvalue weighted by molar-refractivity contribution is 6.18. The van der Waals surface area contributed by atoms with Crippen LogP contribution in [0.5, 0.6) is 0 Å². The molecule has 1 aromatic heterocycles. The van der Waals surface area contributed by atoms with Crippen molar-refractivity contribution in [2.75, 3.05) is 17.8 Å². The molecule has 1 heterocycles. The normalized spacial score (nSPS) is 9.81. The number of hydrogen-bond donors (Lipinski definition) is 2. The van der Waals surface area contributed by atoms with E-state index in [4.69, 9.17) is 16.7 Å². The van der Waals surface area contributed by atoms with Crippen LogP contribution in [0.2, 0.25) is 0 Å². The average Bonchev–Trinajstić information content (AvgIpc) is 2.61. The Morgan fingerprint density at radius 3 is 3.00 bits per heavy atom. The van der Waals surface area contributed by atoms with Gasteiger partial charge in [-0.15, -0.1) is 16.7 Å². The fourth-order valence-corrected chi connectivity index (χ4v) is 0.901. The maximum Gasteiger partial charge on any atom is 0.412 e. The van der Waals surface area contributed by atoms with Gasteiger partial charge in [-0.25, -0.2) is 4.79 Å². The summed E-state index contributed by atoms with van der Waals surface area (Å²) in [5.74, 6) is -0.772. The molecule has 1 aromatic rings. The van der Waals surface area contributed by atoms with Crippen LogP contribution in [-0.4, -0.2) is 44.6 Å². The molecule has 0 aliphatic carbocycles. The molecule has 1 amide bonds. The van der Waals surface area contributed by atoms with E-state index in [0.29, 0.717) is 0 Å². The Labute approximate surface area is 95.1 Å². The minimum absolute atomic E-state index is 0.0800. The van der Waals surface area contributed by atoms with Crippen molar-refractivity contribution < 1.29 is 19.4 Å². The highest BCUT2D eigenvalue weighted by atomic mass is 35.5. The number of carbonyl (C=O) groups is 2. The van der Waals surface area contributed by atoms with Crippen molar-refractivity contribution in [2.45, 2.75) is 6.54 Å². The van der Waals surface area contributed by atoms with Crippen LogP contribution in [0.15, 0.2) is 6.20 Å². The van der Waals surface area contributed by atoms with Gasteiger partial charge in [-0.2, -0.15) is 9.90 Å². The minimum Gasteiger partial charge on any atom is -0.480 e. The van der Waals surface area contributed by atoms with Crippen LogP contribution in [0.4, 0.5) is 10.6 Å². The van der Waals surface area contributed by atoms with Gasteiger partial charge in [0.2, 0.25) is 0 Å². The molecule has 0 fully saturated rings. The number of halogens is 1. The van der Waals surface area contributed by atoms with Crippen LogP contribution in [0, 0.1) is 0 Å². The molecule has 1 rings (SSSR count). The number of aliphatic carboxylic acids is 1. The number of nitrogens with zero attached hydrogens (tertiary/aromatic N) is 3. The number of carboxylic acids is 1. The average molecular weight is 249 g/mol. The van der Waals surface area contributed by atoms with E-state index in [1.54, 1.807) is 0 Å². The van der Waals surface area contributed by atoms with E-state index in [1.807, 2.05) is 0 Å². The number of rotatable bonds is 5. The van der Waals surface area contributed by atoms with Crippen LogP contribution < -0.4 is 5.32 Å². The largest absolute Gasteiger partial charge is 0.480 e. The summed E-state index contributed by atoms with van der Waals surface area (Å²) in [6, 6.07) is 0. The second-order valence-electron chi connectivity index (χ2n) is 2.60. The van der Waals surface area contributed by atoms with Crippen molar-refractivity contribution in [3.63, 3.8) is 0 Å². The molecular formula is C7H9ClN4O4. The first kappa shape index (κ1) is 12.2. The summed E-state index contributed by atoms with van der Waals surface area (Å²) in [6.07, 6.45) is 0.494. The third-order valence-corrected chi connectivity index (χ3v) is 1.51. The Kier molecular flexibility index (Phi) is 4.52. The molecule has 0 aliphatic heterocycles. The molecule has 2 N–H and O–H groups in total. The van der Waals surface area contributed by atoms with Crippen LogP contribution in [0.3, 0.4) is 0 Å². The van der Waals surface area contributed by atoms with Gasteiger partial charge >= 0.3 is 12.1 Å². The molecule has 16 heavy (non-hydrogen) atoms. The van der Waals surface area contributed by atoms with Crippen LogP contribution in [0.1, 0.15) is 0 Å². The van der Waals surface area contributed by atoms with Gasteiger partial charge in [-0.1, -0.05) is 0 Å². The molecule has 0 unspecified atom stereocenters. The van der Waals surface area contributed by atoms with Crippen molar-refractivity contribution in [3.8, 4) is 0 Å². The van der Waals surface area contributed by atoms with E-state index in [1.165, 1.54) is 6.20 Å². The number of carbonyl (C=O) groups excluding carboxylic acids is 1. The number of aromatic nitrogens is 3. The molecule has 0 radical (unpaired) electrons. The molecule has 0 bridgehead atoms. The molecule has 0 atom stereocenters. The van der Waals surface area contributed by atoms with Crippen molar-refractivity contribution in [3.05, 3.63) is 6.20 Å². The van der Waals surface area contributed by atoms with E-state index >= 15 is 0 Å². The molecule has 0 saturated carbocycles. The van der Waals surface area contributed by atoms with E-state index in [-0.39, 0.29) is 24.8 Å². The predicted molar refractivity (Wildman–Crippen MR) is 53.3 cm³/mol. The molecule has 8 nitrogen and oxygen atoms in total. The van der Waals surface area contributed by atoms with Gasteiger partial charge in [0.1, 0.15) is 6.61 Å². The number of alkyl halides is 1. The fraction of sp³-hybridized carbons (Fsp3) is 0.429. The fourth-order valence-electron chi connectivity index (χ4n) is 0.824. The number of anilines is 1. The standard InChI is InChI=1S/C7H9ClN4O4/c8-1-2-16-7(15)10-5-3-9-12(11-5)4-6(13)14/h3H,1-2,4H2,(H,13,14)(H,10,11,15). The number of nitrogens with one attached hydrogen (secondary N) is 1. The van der Waals surface area contributed by atoms with Gasteiger partial charge in [0, 0.05) is 0 Å². The summed E-state index contributed by atoms with van der Waals surface area (Å²) in [6.45, 7) is -0.297. The molecule has 9 heteroatoms. The first-order valence-corrected chi connectivity index (χ1v) is 4.77. The highest BCUT2D eigenvalue weighted by Gasteiger charge is 2.07. The Balaban J connectivity index is 2.45. The first-order valence-electron chi connectivity index (χ1n) is 4.23. The van der Waals surface area contributed by atoms with Crippen molar-refractivity contribution in [1.82, 2.24) is 15.0 Å². The topological polar surface area (TPSA) is 106 Å². The van der Waals surface area contributed by atoms with E-state index < -0.39 is 12.1 Å². The van der Waals surface area contributed by atoms with Gasteiger partial charge in [-0.3, -0.25) is 10.1 Å². The van der Waals surface area contributed by atoms with Crippen molar-refractivity contribution in [2.24, 2.45) is 0 Å². The molecule has 88 valence electrons. The van der Waals surface area contributed by atoms with Gasteiger partial charge in [-0.05, 0) is 0 Å². The molecule has 0 saturated heterocycles. The molecule has 0 spiro atoms. The monoisotopic (exact) mass is 248 g/mol. The Morgan fingerprint density at radius 2 is 2.38 bits per heavy atom. The Bertz CT molecular complexity index is 380. The molecule has 0 aliphatic rings. The lowest BCUT2D eigenvalue weighted by molar-refractivity contribution is -0.138. The lowest BCUT2D eigenvalue weighted by Crippen LogP contribution is -2.16. The zero-order valence-corrected chi connectivity index (χ0v) is 8.85. The Hall–Kier alpha value is -1.83. The summed E-state index contributed by atoms with van der Waals surface area (Å²) in [7, 11) is 0. The van der Waals surface area contributed by atoms with Gasteiger partial charge < -0.3 is 9.84 Å². The maximum absolute atomic E-state index is 11.0. The second kappa shape index (κ2) is 5.91. The smallest absolute Gasteiger partial charge is 0.412 e. The summed E-state index contributed by atoms with van der Waals surface area (Å²) < 4.78 is 4.61. The van der Waals surface area contributed by atoms with Crippen LogP contribution >= 0.6 is 11.6 Å². The third kappa shape index (κ3) is 4.13. The zero-order valence-electron chi connectivity index (χ0n) is 8.09. The quantitative estimate of drug-likeness (QED) is 0.719. The molecule has 0 aromatic carbocycles.